The van der Waals surface area contributed by atoms with Crippen LogP contribution in [-0.2, 0) is 33.3 Å². The third-order valence-electron chi connectivity index (χ3n) is 4.90. The average molecular weight is 459 g/mol. The molecule has 1 fully saturated rings. The SMILES string of the molecule is CC(=O)N[C@@H]1[C@@H](OC(C)O)[C@@H](OC(C)=O)[C@@H](COC(C)=O)C[C@H]1OCCCCCN=[N+]=[N-]. The first-order valence-corrected chi connectivity index (χ1v) is 10.7. The van der Waals surface area contributed by atoms with Crippen molar-refractivity contribution in [1.29, 1.82) is 0 Å². The molecule has 1 unspecified atom stereocenters. The highest BCUT2D eigenvalue weighted by atomic mass is 16.6. The fourth-order valence-corrected chi connectivity index (χ4v) is 3.72. The molecular weight excluding hydrogens is 424 g/mol. The highest BCUT2D eigenvalue weighted by Crippen LogP contribution is 2.33. The lowest BCUT2D eigenvalue weighted by Crippen LogP contribution is -2.64. The van der Waals surface area contributed by atoms with E-state index < -0.39 is 48.5 Å². The summed E-state index contributed by atoms with van der Waals surface area (Å²) in [6.45, 7) is 6.02. The topological polar surface area (TPSA) is 169 Å². The second-order valence-electron chi connectivity index (χ2n) is 7.72. The maximum Gasteiger partial charge on any atom is 0.303 e. The summed E-state index contributed by atoms with van der Waals surface area (Å²) in [4.78, 5) is 37.7. The van der Waals surface area contributed by atoms with Gasteiger partial charge >= 0.3 is 11.9 Å². The Morgan fingerprint density at radius 1 is 1.16 bits per heavy atom. The van der Waals surface area contributed by atoms with E-state index in [0.717, 1.165) is 12.8 Å². The van der Waals surface area contributed by atoms with Gasteiger partial charge in [0.05, 0.1) is 18.8 Å². The number of ether oxygens (including phenoxy) is 4. The van der Waals surface area contributed by atoms with Gasteiger partial charge in [-0.3, -0.25) is 14.4 Å². The van der Waals surface area contributed by atoms with E-state index in [9.17, 15) is 19.5 Å². The molecule has 6 atom stereocenters. The lowest BCUT2D eigenvalue weighted by molar-refractivity contribution is -0.221. The molecule has 0 heterocycles. The summed E-state index contributed by atoms with van der Waals surface area (Å²) in [6.07, 6.45) is -0.992. The minimum Gasteiger partial charge on any atom is -0.465 e. The number of rotatable bonds is 13. The minimum absolute atomic E-state index is 0.0359. The Hall–Kier alpha value is -2.40. The van der Waals surface area contributed by atoms with E-state index in [1.807, 2.05) is 0 Å². The van der Waals surface area contributed by atoms with Crippen molar-refractivity contribution in [3.63, 3.8) is 0 Å². The predicted molar refractivity (Wildman–Crippen MR) is 112 cm³/mol. The van der Waals surface area contributed by atoms with E-state index in [-0.39, 0.29) is 12.5 Å². The third kappa shape index (κ3) is 10.3. The van der Waals surface area contributed by atoms with Crippen LogP contribution < -0.4 is 5.32 Å². The van der Waals surface area contributed by atoms with Crippen molar-refractivity contribution in [3.8, 4) is 0 Å². The zero-order valence-corrected chi connectivity index (χ0v) is 19.1. The summed E-state index contributed by atoms with van der Waals surface area (Å²) in [5.74, 6) is -1.85. The molecule has 0 spiro atoms. The Morgan fingerprint density at radius 2 is 1.88 bits per heavy atom. The minimum atomic E-state index is -1.21. The van der Waals surface area contributed by atoms with E-state index in [0.29, 0.717) is 26.0 Å². The number of aliphatic hydroxyl groups excluding tert-OH is 1. The quantitative estimate of drug-likeness (QED) is 0.105. The van der Waals surface area contributed by atoms with Gasteiger partial charge in [0.2, 0.25) is 5.91 Å². The van der Waals surface area contributed by atoms with Crippen LogP contribution >= 0.6 is 0 Å². The largest absolute Gasteiger partial charge is 0.465 e. The Kier molecular flexibility index (Phi) is 12.6. The molecule has 2 N–H and O–H groups in total. The zero-order chi connectivity index (χ0) is 24.1. The summed E-state index contributed by atoms with van der Waals surface area (Å²) in [6, 6.07) is -0.705. The standard InChI is InChI=1S/C20H34N4O8/c1-12(25)23-18-17(29-9-7-5-6-8-22-24-21)10-16(11-30-13(2)26)19(31-14(3)27)20(18)32-15(4)28/h15-20,28H,5-11H2,1-4H3,(H,23,25)/t15?,16-,17-,18+,19+,20-/m1/s1. The normalized spacial score (nSPS) is 25.8. The van der Waals surface area contributed by atoms with Crippen molar-refractivity contribution >= 4 is 17.8 Å². The first-order chi connectivity index (χ1) is 15.1. The van der Waals surface area contributed by atoms with Crippen molar-refractivity contribution in [1.82, 2.24) is 5.32 Å². The van der Waals surface area contributed by atoms with E-state index >= 15 is 0 Å². The van der Waals surface area contributed by atoms with Gasteiger partial charge in [-0.05, 0) is 31.7 Å². The fourth-order valence-electron chi connectivity index (χ4n) is 3.72. The number of nitrogens with one attached hydrogen (secondary N) is 1. The Balaban J connectivity index is 3.03. The zero-order valence-electron chi connectivity index (χ0n) is 19.1. The Morgan fingerprint density at radius 3 is 2.44 bits per heavy atom. The molecule has 1 aliphatic rings. The number of hydrogen-bond donors (Lipinski definition) is 2. The van der Waals surface area contributed by atoms with Crippen LogP contribution in [0.3, 0.4) is 0 Å². The maximum absolute atomic E-state index is 11.9. The smallest absolute Gasteiger partial charge is 0.303 e. The highest BCUT2D eigenvalue weighted by Gasteiger charge is 2.49. The molecule has 0 saturated heterocycles. The van der Waals surface area contributed by atoms with Crippen LogP contribution in [0, 0.1) is 5.92 Å². The third-order valence-corrected chi connectivity index (χ3v) is 4.90. The molecule has 32 heavy (non-hydrogen) atoms. The van der Waals surface area contributed by atoms with Crippen LogP contribution in [0.2, 0.25) is 0 Å². The van der Waals surface area contributed by atoms with Crippen molar-refractivity contribution in [2.45, 2.75) is 84.0 Å². The first kappa shape index (κ1) is 27.6. The highest BCUT2D eigenvalue weighted by molar-refractivity contribution is 5.73. The number of esters is 2. The Labute approximate surface area is 187 Å². The molecular formula is C20H34N4O8. The molecule has 0 aliphatic heterocycles. The van der Waals surface area contributed by atoms with Gasteiger partial charge in [0.25, 0.3) is 0 Å². The number of hydrogen-bond acceptors (Lipinski definition) is 9. The van der Waals surface area contributed by atoms with Crippen LogP contribution in [0.25, 0.3) is 10.4 Å². The molecule has 1 amide bonds. The van der Waals surface area contributed by atoms with Crippen LogP contribution in [0.5, 0.6) is 0 Å². The lowest BCUT2D eigenvalue weighted by Gasteiger charge is -2.46. The number of amides is 1. The van der Waals surface area contributed by atoms with Gasteiger partial charge in [0.1, 0.15) is 12.2 Å². The molecule has 12 nitrogen and oxygen atoms in total. The second kappa shape index (κ2) is 14.6. The summed E-state index contributed by atoms with van der Waals surface area (Å²) in [7, 11) is 0. The van der Waals surface area contributed by atoms with Crippen LogP contribution in [0.4, 0.5) is 0 Å². The van der Waals surface area contributed by atoms with E-state index in [4.69, 9.17) is 24.5 Å². The average Bonchev–Trinajstić information content (AvgIpc) is 2.68. The van der Waals surface area contributed by atoms with Crippen LogP contribution in [-0.4, -0.2) is 73.4 Å². The molecule has 0 aromatic heterocycles. The number of carbonyl (C=O) groups excluding carboxylic acids is 3. The summed E-state index contributed by atoms with van der Waals surface area (Å²) in [5.41, 5.74) is 8.31. The number of nitrogens with zero attached hydrogens (tertiary/aromatic N) is 3. The van der Waals surface area contributed by atoms with Gasteiger partial charge in [-0.1, -0.05) is 11.5 Å². The fraction of sp³-hybridized carbons (Fsp3) is 0.850. The maximum atomic E-state index is 11.9. The molecule has 1 saturated carbocycles. The molecule has 1 rings (SSSR count). The first-order valence-electron chi connectivity index (χ1n) is 10.7. The molecule has 12 heteroatoms. The lowest BCUT2D eigenvalue weighted by atomic mass is 9.79. The van der Waals surface area contributed by atoms with Gasteiger partial charge in [0.15, 0.2) is 6.29 Å². The van der Waals surface area contributed by atoms with Crippen molar-refractivity contribution in [2.75, 3.05) is 19.8 Å². The van der Waals surface area contributed by atoms with Crippen molar-refractivity contribution in [3.05, 3.63) is 10.4 Å². The van der Waals surface area contributed by atoms with Crippen LogP contribution in [0.15, 0.2) is 5.11 Å². The molecule has 0 bridgehead atoms. The number of carbonyl (C=O) groups is 3. The monoisotopic (exact) mass is 458 g/mol. The second-order valence-corrected chi connectivity index (χ2v) is 7.72. The summed E-state index contributed by atoms with van der Waals surface area (Å²) in [5, 5.41) is 16.2. The van der Waals surface area contributed by atoms with Crippen LogP contribution in [0.1, 0.15) is 53.4 Å². The molecule has 0 aromatic carbocycles. The summed E-state index contributed by atoms with van der Waals surface area (Å²) >= 11 is 0. The van der Waals surface area contributed by atoms with Crippen molar-refractivity contribution in [2.24, 2.45) is 11.0 Å². The van der Waals surface area contributed by atoms with E-state index in [1.54, 1.807) is 0 Å². The van der Waals surface area contributed by atoms with Gasteiger partial charge < -0.3 is 29.4 Å². The number of azide groups is 1. The molecule has 1 aliphatic carbocycles. The van der Waals surface area contributed by atoms with E-state index in [1.165, 1.54) is 27.7 Å². The Bertz CT molecular complexity index is 668. The number of unbranched alkanes of at least 4 members (excludes halogenated alkanes) is 2. The van der Waals surface area contributed by atoms with Gasteiger partial charge in [-0.25, -0.2) is 0 Å². The van der Waals surface area contributed by atoms with Gasteiger partial charge in [-0.2, -0.15) is 0 Å². The molecule has 0 radical (unpaired) electrons. The van der Waals surface area contributed by atoms with Gasteiger partial charge in [0, 0.05) is 44.8 Å². The molecule has 182 valence electrons. The van der Waals surface area contributed by atoms with Gasteiger partial charge in [-0.15, -0.1) is 0 Å². The predicted octanol–water partition coefficient (Wildman–Crippen LogP) is 1.60. The number of aliphatic hydroxyl groups is 1. The van der Waals surface area contributed by atoms with Crippen molar-refractivity contribution < 1.29 is 38.4 Å². The summed E-state index contributed by atoms with van der Waals surface area (Å²) < 4.78 is 22.3. The van der Waals surface area contributed by atoms with E-state index in [2.05, 4.69) is 15.3 Å². The molecule has 0 aromatic rings.